The zero-order chi connectivity index (χ0) is 12.3. The molecule has 0 aliphatic carbocycles. The van der Waals surface area contributed by atoms with E-state index in [4.69, 9.17) is 11.6 Å². The van der Waals surface area contributed by atoms with Crippen molar-refractivity contribution < 1.29 is 18.8 Å². The van der Waals surface area contributed by atoms with Crippen molar-refractivity contribution in [3.63, 3.8) is 0 Å². The van der Waals surface area contributed by atoms with E-state index in [1.165, 1.54) is 0 Å². The number of halogens is 2. The van der Waals surface area contributed by atoms with Gasteiger partial charge in [-0.05, 0) is 11.6 Å². The van der Waals surface area contributed by atoms with Crippen molar-refractivity contribution >= 4 is 23.3 Å². The third-order valence-corrected chi connectivity index (χ3v) is 2.21. The third-order valence-electron chi connectivity index (χ3n) is 1.92. The van der Waals surface area contributed by atoms with E-state index in [2.05, 4.69) is 4.74 Å². The minimum absolute atomic E-state index is 0.106. The normalized spacial score (nSPS) is 9.94. The molecule has 0 amide bonds. The van der Waals surface area contributed by atoms with Crippen molar-refractivity contribution in [1.29, 1.82) is 0 Å². The summed E-state index contributed by atoms with van der Waals surface area (Å²) in [5, 5.41) is 10.5. The predicted octanol–water partition coefficient (Wildman–Crippen LogP) is 2.26. The second-order valence-corrected chi connectivity index (χ2v) is 3.11. The maximum Gasteiger partial charge on any atom is 0.338 e. The Kier molecular flexibility index (Phi) is 3.78. The molecular weight excluding hydrogens is 241 g/mol. The highest BCUT2D eigenvalue weighted by molar-refractivity contribution is 6.17. The fraction of sp³-hybridized carbons (Fsp3) is 0.222. The Morgan fingerprint density at radius 1 is 1.62 bits per heavy atom. The van der Waals surface area contributed by atoms with Crippen LogP contribution in [0.1, 0.15) is 15.9 Å². The molecule has 0 spiro atoms. The number of nitrogens with zero attached hydrogens (tertiary/aromatic N) is 1. The van der Waals surface area contributed by atoms with Crippen LogP contribution < -0.4 is 0 Å². The van der Waals surface area contributed by atoms with Gasteiger partial charge in [-0.1, -0.05) is 0 Å². The summed E-state index contributed by atoms with van der Waals surface area (Å²) in [6.07, 6.45) is 0. The van der Waals surface area contributed by atoms with Crippen LogP contribution in [-0.4, -0.2) is 18.0 Å². The molecule has 1 aromatic carbocycles. The van der Waals surface area contributed by atoms with Crippen LogP contribution in [0.15, 0.2) is 12.1 Å². The molecule has 0 radical (unpaired) electrons. The van der Waals surface area contributed by atoms with E-state index in [-0.39, 0.29) is 17.0 Å². The molecule has 0 saturated carbocycles. The Bertz CT molecular complexity index is 449. The molecule has 0 bridgehead atoms. The van der Waals surface area contributed by atoms with Gasteiger partial charge in [-0.15, -0.1) is 11.6 Å². The number of rotatable bonds is 3. The van der Waals surface area contributed by atoms with Crippen LogP contribution in [0.4, 0.5) is 10.1 Å². The SMILES string of the molecule is COC(=O)c1cc([N+](=O)[O-])c(F)cc1CCl. The number of carbonyl (C=O) groups is 1. The van der Waals surface area contributed by atoms with E-state index in [1.807, 2.05) is 0 Å². The van der Waals surface area contributed by atoms with Gasteiger partial charge in [-0.2, -0.15) is 4.39 Å². The summed E-state index contributed by atoms with van der Waals surface area (Å²) in [4.78, 5) is 20.8. The first-order valence-electron chi connectivity index (χ1n) is 4.12. The number of hydrogen-bond donors (Lipinski definition) is 0. The van der Waals surface area contributed by atoms with E-state index in [9.17, 15) is 19.3 Å². The predicted molar refractivity (Wildman–Crippen MR) is 54.0 cm³/mol. The van der Waals surface area contributed by atoms with E-state index in [1.54, 1.807) is 0 Å². The van der Waals surface area contributed by atoms with Gasteiger partial charge in [0.15, 0.2) is 0 Å². The number of benzene rings is 1. The summed E-state index contributed by atoms with van der Waals surface area (Å²) in [6, 6.07) is 1.68. The van der Waals surface area contributed by atoms with Gasteiger partial charge in [0.05, 0.1) is 17.6 Å². The molecule has 0 aliphatic rings. The molecule has 0 heterocycles. The molecule has 0 N–H and O–H groups in total. The summed E-state index contributed by atoms with van der Waals surface area (Å²) < 4.78 is 17.6. The lowest BCUT2D eigenvalue weighted by atomic mass is 10.1. The number of alkyl halides is 1. The molecular formula is C9H7ClFNO4. The van der Waals surface area contributed by atoms with Crippen LogP contribution in [0.5, 0.6) is 0 Å². The standard InChI is InChI=1S/C9H7ClFNO4/c1-16-9(13)6-3-8(12(14)15)7(11)2-5(6)4-10/h2-3H,4H2,1H3. The van der Waals surface area contributed by atoms with Gasteiger partial charge in [-0.25, -0.2) is 4.79 Å². The lowest BCUT2D eigenvalue weighted by molar-refractivity contribution is -0.387. The molecule has 7 heteroatoms. The Balaban J connectivity index is 3.40. The van der Waals surface area contributed by atoms with Gasteiger partial charge in [0.1, 0.15) is 0 Å². The number of hydrogen-bond acceptors (Lipinski definition) is 4. The van der Waals surface area contributed by atoms with Gasteiger partial charge in [0.2, 0.25) is 5.82 Å². The highest BCUT2D eigenvalue weighted by Crippen LogP contribution is 2.24. The average Bonchev–Trinajstić information content (AvgIpc) is 2.27. The first-order valence-corrected chi connectivity index (χ1v) is 4.65. The van der Waals surface area contributed by atoms with Crippen molar-refractivity contribution in [3.8, 4) is 0 Å². The Morgan fingerprint density at radius 2 is 2.25 bits per heavy atom. The van der Waals surface area contributed by atoms with Crippen molar-refractivity contribution in [1.82, 2.24) is 0 Å². The number of nitro benzene ring substituents is 1. The van der Waals surface area contributed by atoms with Crippen LogP contribution in [0.25, 0.3) is 0 Å². The Labute approximate surface area is 94.9 Å². The van der Waals surface area contributed by atoms with Gasteiger partial charge < -0.3 is 4.74 Å². The molecule has 0 aromatic heterocycles. The maximum atomic E-state index is 13.2. The zero-order valence-corrected chi connectivity index (χ0v) is 8.95. The minimum atomic E-state index is -1.03. The number of methoxy groups -OCH3 is 1. The van der Waals surface area contributed by atoms with Crippen LogP contribution in [0.2, 0.25) is 0 Å². The summed E-state index contributed by atoms with van der Waals surface area (Å²) in [6.45, 7) is 0. The molecule has 0 atom stereocenters. The third kappa shape index (κ3) is 2.27. The van der Waals surface area contributed by atoms with E-state index in [0.717, 1.165) is 19.2 Å². The fourth-order valence-corrected chi connectivity index (χ4v) is 1.37. The molecule has 86 valence electrons. The van der Waals surface area contributed by atoms with E-state index >= 15 is 0 Å². The molecule has 1 rings (SSSR count). The number of nitro groups is 1. The highest BCUT2D eigenvalue weighted by Gasteiger charge is 2.21. The van der Waals surface area contributed by atoms with Crippen molar-refractivity contribution in [3.05, 3.63) is 39.2 Å². The largest absolute Gasteiger partial charge is 0.465 e. The van der Waals surface area contributed by atoms with Gasteiger partial charge in [0, 0.05) is 11.9 Å². The Hall–Kier alpha value is -1.69. The molecule has 0 aliphatic heterocycles. The van der Waals surface area contributed by atoms with Crippen LogP contribution >= 0.6 is 11.6 Å². The van der Waals surface area contributed by atoms with Crippen LogP contribution in [0, 0.1) is 15.9 Å². The van der Waals surface area contributed by atoms with Crippen molar-refractivity contribution in [2.24, 2.45) is 0 Å². The van der Waals surface area contributed by atoms with Crippen LogP contribution in [0.3, 0.4) is 0 Å². The van der Waals surface area contributed by atoms with E-state index < -0.39 is 22.4 Å². The topological polar surface area (TPSA) is 69.4 Å². The second-order valence-electron chi connectivity index (χ2n) is 2.84. The van der Waals surface area contributed by atoms with Gasteiger partial charge >= 0.3 is 11.7 Å². The second kappa shape index (κ2) is 4.89. The molecule has 0 unspecified atom stereocenters. The summed E-state index contributed by atoms with van der Waals surface area (Å²) in [5.74, 6) is -1.97. The first-order chi connectivity index (χ1) is 7.51. The summed E-state index contributed by atoms with van der Waals surface area (Å²) >= 11 is 5.49. The van der Waals surface area contributed by atoms with Gasteiger partial charge in [-0.3, -0.25) is 10.1 Å². The lowest BCUT2D eigenvalue weighted by Crippen LogP contribution is -2.07. The Morgan fingerprint density at radius 3 is 2.69 bits per heavy atom. The summed E-state index contributed by atoms with van der Waals surface area (Å²) in [7, 11) is 1.12. The minimum Gasteiger partial charge on any atom is -0.465 e. The van der Waals surface area contributed by atoms with Crippen molar-refractivity contribution in [2.75, 3.05) is 7.11 Å². The lowest BCUT2D eigenvalue weighted by Gasteiger charge is -2.05. The fourth-order valence-electron chi connectivity index (χ4n) is 1.15. The van der Waals surface area contributed by atoms with E-state index in [0.29, 0.717) is 0 Å². The molecule has 0 saturated heterocycles. The van der Waals surface area contributed by atoms with Crippen LogP contribution in [-0.2, 0) is 10.6 Å². The molecule has 1 aromatic rings. The monoisotopic (exact) mass is 247 g/mol. The van der Waals surface area contributed by atoms with Gasteiger partial charge in [0.25, 0.3) is 0 Å². The molecule has 16 heavy (non-hydrogen) atoms. The first kappa shape index (κ1) is 12.4. The number of esters is 1. The number of carbonyl (C=O) groups excluding carboxylic acids is 1. The highest BCUT2D eigenvalue weighted by atomic mass is 35.5. The maximum absolute atomic E-state index is 13.2. The summed E-state index contributed by atoms with van der Waals surface area (Å²) in [5.41, 5.74) is -0.739. The number of ether oxygens (including phenoxy) is 1. The quantitative estimate of drug-likeness (QED) is 0.356. The molecule has 0 fully saturated rings. The average molecular weight is 248 g/mol. The zero-order valence-electron chi connectivity index (χ0n) is 8.20. The smallest absolute Gasteiger partial charge is 0.338 e. The van der Waals surface area contributed by atoms with Crippen molar-refractivity contribution in [2.45, 2.75) is 5.88 Å². The molecule has 5 nitrogen and oxygen atoms in total.